The van der Waals surface area contributed by atoms with E-state index in [9.17, 15) is 24.0 Å². The monoisotopic (exact) mass is 408 g/mol. The van der Waals surface area contributed by atoms with Crippen LogP contribution in [0.2, 0.25) is 0 Å². The Morgan fingerprint density at radius 1 is 1.21 bits per heavy atom. The second-order valence-corrected chi connectivity index (χ2v) is 9.16. The van der Waals surface area contributed by atoms with Crippen LogP contribution in [0.3, 0.4) is 0 Å². The number of hydrogen-bond acceptors (Lipinski definition) is 5. The lowest BCUT2D eigenvalue weighted by Gasteiger charge is -2.35. The zero-order chi connectivity index (χ0) is 22.1. The van der Waals surface area contributed by atoms with E-state index in [0.29, 0.717) is 19.4 Å². The molecule has 0 aromatic heterocycles. The topological polar surface area (TPSA) is 130 Å². The zero-order valence-electron chi connectivity index (χ0n) is 17.9. The van der Waals surface area contributed by atoms with Gasteiger partial charge in [-0.1, -0.05) is 27.7 Å². The Labute approximate surface area is 171 Å². The number of primary amides is 1. The molecule has 2 aliphatic heterocycles. The van der Waals surface area contributed by atoms with Crippen LogP contribution in [-0.2, 0) is 24.0 Å². The number of fused-ring (bicyclic) bond motifs is 1. The molecule has 2 rings (SSSR count). The van der Waals surface area contributed by atoms with Crippen LogP contribution in [0, 0.1) is 11.3 Å². The van der Waals surface area contributed by atoms with Crippen molar-refractivity contribution in [3.8, 4) is 0 Å². The maximum atomic E-state index is 13.2. The van der Waals surface area contributed by atoms with Gasteiger partial charge in [0.25, 0.3) is 0 Å². The predicted molar refractivity (Wildman–Crippen MR) is 105 cm³/mol. The zero-order valence-corrected chi connectivity index (χ0v) is 17.9. The van der Waals surface area contributed by atoms with Gasteiger partial charge in [-0.05, 0) is 18.3 Å². The minimum atomic E-state index is -0.757. The molecule has 9 heteroatoms. The summed E-state index contributed by atoms with van der Waals surface area (Å²) in [6.07, 6.45) is 0.967. The number of likely N-dealkylation sites (tertiary alicyclic amines) is 2. The summed E-state index contributed by atoms with van der Waals surface area (Å²) in [5.41, 5.74) is 4.72. The van der Waals surface area contributed by atoms with E-state index in [4.69, 9.17) is 5.73 Å². The number of rotatable bonds is 6. The lowest BCUT2D eigenvalue weighted by molar-refractivity contribution is -0.140. The number of Topliss-reactive ketones (excluding diaryl/α,β-unsaturated/α-hetero) is 1. The van der Waals surface area contributed by atoms with Crippen molar-refractivity contribution in [2.24, 2.45) is 17.1 Å². The molecule has 2 saturated heterocycles. The molecule has 0 spiro atoms. The Hall–Kier alpha value is -2.45. The standard InChI is InChI=1S/C20H32N4O5/c1-11(18(21)28)6-7-15(27)23-9-8-13-16(23)14(26)10-24(13)19(29)17(20(3,4)5)22-12(2)25/h11,13,16-17H,6-10H2,1-5H3,(H2,21,28)(H,22,25). The van der Waals surface area contributed by atoms with Crippen molar-refractivity contribution >= 4 is 29.4 Å². The van der Waals surface area contributed by atoms with Crippen LogP contribution in [0.4, 0.5) is 0 Å². The SMILES string of the molecule is CC(=O)NC(C(=O)N1CC(=O)C2C1CCN2C(=O)CCC(C)C(N)=O)C(C)(C)C. The first-order valence-corrected chi connectivity index (χ1v) is 10.0. The molecule has 4 amide bonds. The Morgan fingerprint density at radius 2 is 1.83 bits per heavy atom. The molecule has 29 heavy (non-hydrogen) atoms. The van der Waals surface area contributed by atoms with Gasteiger partial charge in [-0.3, -0.25) is 24.0 Å². The molecular formula is C20H32N4O5. The van der Waals surface area contributed by atoms with Crippen LogP contribution < -0.4 is 11.1 Å². The summed E-state index contributed by atoms with van der Waals surface area (Å²) in [6.45, 7) is 8.89. The van der Waals surface area contributed by atoms with E-state index in [-0.39, 0.29) is 42.5 Å². The van der Waals surface area contributed by atoms with Crippen molar-refractivity contribution in [2.45, 2.75) is 72.0 Å². The lowest BCUT2D eigenvalue weighted by Crippen LogP contribution is -2.55. The molecule has 162 valence electrons. The summed E-state index contributed by atoms with van der Waals surface area (Å²) >= 11 is 0. The number of amides is 4. The third-order valence-electron chi connectivity index (χ3n) is 5.76. The second-order valence-electron chi connectivity index (χ2n) is 9.16. The number of ketones is 1. The minimum absolute atomic E-state index is 0.0677. The van der Waals surface area contributed by atoms with Gasteiger partial charge >= 0.3 is 0 Å². The van der Waals surface area contributed by atoms with Gasteiger partial charge in [0.1, 0.15) is 12.1 Å². The molecule has 3 N–H and O–H groups in total. The predicted octanol–water partition coefficient (Wildman–Crippen LogP) is -0.180. The third-order valence-corrected chi connectivity index (χ3v) is 5.76. The largest absolute Gasteiger partial charge is 0.369 e. The Morgan fingerprint density at radius 3 is 2.34 bits per heavy atom. The number of carbonyl (C=O) groups excluding carboxylic acids is 5. The molecule has 4 unspecified atom stereocenters. The van der Waals surface area contributed by atoms with E-state index in [1.54, 1.807) is 6.92 Å². The first-order valence-electron chi connectivity index (χ1n) is 10.0. The van der Waals surface area contributed by atoms with E-state index in [1.807, 2.05) is 20.8 Å². The summed E-state index contributed by atoms with van der Waals surface area (Å²) in [5, 5.41) is 2.70. The van der Waals surface area contributed by atoms with Crippen LogP contribution >= 0.6 is 0 Å². The minimum Gasteiger partial charge on any atom is -0.369 e. The van der Waals surface area contributed by atoms with Crippen molar-refractivity contribution in [2.75, 3.05) is 13.1 Å². The summed E-state index contributed by atoms with van der Waals surface area (Å²) in [4.78, 5) is 64.3. The van der Waals surface area contributed by atoms with Gasteiger partial charge in [0, 0.05) is 25.8 Å². The van der Waals surface area contributed by atoms with Crippen LogP contribution in [0.1, 0.15) is 53.9 Å². The Kier molecular flexibility index (Phi) is 6.70. The molecule has 0 bridgehead atoms. The van der Waals surface area contributed by atoms with Gasteiger partial charge in [0.05, 0.1) is 12.6 Å². The van der Waals surface area contributed by atoms with Crippen LogP contribution in [0.25, 0.3) is 0 Å². The quantitative estimate of drug-likeness (QED) is 0.630. The summed E-state index contributed by atoms with van der Waals surface area (Å²) in [5.74, 6) is -1.87. The van der Waals surface area contributed by atoms with Gasteiger partial charge in [0.15, 0.2) is 5.78 Å². The highest BCUT2D eigenvalue weighted by atomic mass is 16.2. The van der Waals surface area contributed by atoms with Crippen molar-refractivity contribution in [1.82, 2.24) is 15.1 Å². The number of carbonyl (C=O) groups is 5. The van der Waals surface area contributed by atoms with Crippen LogP contribution in [-0.4, -0.2) is 70.4 Å². The average molecular weight is 408 g/mol. The average Bonchev–Trinajstić information content (AvgIpc) is 3.17. The fraction of sp³-hybridized carbons (Fsp3) is 0.750. The van der Waals surface area contributed by atoms with Crippen molar-refractivity contribution in [3.05, 3.63) is 0 Å². The highest BCUT2D eigenvalue weighted by molar-refractivity contribution is 5.99. The highest BCUT2D eigenvalue weighted by Crippen LogP contribution is 2.33. The first kappa shape index (κ1) is 22.8. The molecule has 2 fully saturated rings. The lowest BCUT2D eigenvalue weighted by atomic mass is 9.85. The normalized spacial score (nSPS) is 23.6. The molecule has 0 saturated carbocycles. The Bertz CT molecular complexity index is 714. The molecule has 0 aromatic rings. The molecule has 2 heterocycles. The van der Waals surface area contributed by atoms with E-state index in [0.717, 1.165) is 0 Å². The van der Waals surface area contributed by atoms with Gasteiger partial charge in [0.2, 0.25) is 23.6 Å². The second kappa shape index (κ2) is 8.51. The summed E-state index contributed by atoms with van der Waals surface area (Å²) in [7, 11) is 0. The van der Waals surface area contributed by atoms with E-state index >= 15 is 0 Å². The number of nitrogens with one attached hydrogen (secondary N) is 1. The first-order chi connectivity index (χ1) is 13.3. The maximum Gasteiger partial charge on any atom is 0.246 e. The maximum absolute atomic E-state index is 13.2. The van der Waals surface area contributed by atoms with Crippen molar-refractivity contribution < 1.29 is 24.0 Å². The molecule has 4 atom stereocenters. The molecular weight excluding hydrogens is 376 g/mol. The van der Waals surface area contributed by atoms with Crippen molar-refractivity contribution in [3.63, 3.8) is 0 Å². The van der Waals surface area contributed by atoms with Gasteiger partial charge in [-0.25, -0.2) is 0 Å². The molecule has 0 aliphatic carbocycles. The number of hydrogen-bond donors (Lipinski definition) is 2. The number of nitrogens with two attached hydrogens (primary N) is 1. The van der Waals surface area contributed by atoms with Crippen LogP contribution in [0.5, 0.6) is 0 Å². The van der Waals surface area contributed by atoms with E-state index < -0.39 is 29.3 Å². The molecule has 2 aliphatic rings. The summed E-state index contributed by atoms with van der Waals surface area (Å²) < 4.78 is 0. The van der Waals surface area contributed by atoms with Gasteiger partial charge in [-0.15, -0.1) is 0 Å². The summed E-state index contributed by atoms with van der Waals surface area (Å²) in [6, 6.07) is -1.80. The highest BCUT2D eigenvalue weighted by Gasteiger charge is 2.52. The fourth-order valence-electron chi connectivity index (χ4n) is 4.03. The van der Waals surface area contributed by atoms with E-state index in [1.165, 1.54) is 16.7 Å². The smallest absolute Gasteiger partial charge is 0.246 e. The van der Waals surface area contributed by atoms with Gasteiger partial charge < -0.3 is 20.9 Å². The fourth-order valence-corrected chi connectivity index (χ4v) is 4.03. The molecule has 0 aromatic carbocycles. The van der Waals surface area contributed by atoms with E-state index in [2.05, 4.69) is 5.32 Å². The third kappa shape index (κ3) is 4.94. The van der Waals surface area contributed by atoms with Crippen LogP contribution in [0.15, 0.2) is 0 Å². The molecule has 0 radical (unpaired) electrons. The number of nitrogens with zero attached hydrogens (tertiary/aromatic N) is 2. The van der Waals surface area contributed by atoms with Gasteiger partial charge in [-0.2, -0.15) is 0 Å². The van der Waals surface area contributed by atoms with Crippen molar-refractivity contribution in [1.29, 1.82) is 0 Å². The molecule has 9 nitrogen and oxygen atoms in total. The Balaban J connectivity index is 2.12.